The zero-order valence-electron chi connectivity index (χ0n) is 60.0. The van der Waals surface area contributed by atoms with Crippen LogP contribution < -0.4 is 58.2 Å². The van der Waals surface area contributed by atoms with E-state index in [0.717, 1.165) is 49.2 Å². The van der Waals surface area contributed by atoms with Crippen molar-refractivity contribution in [2.45, 2.75) is 349 Å². The fraction of sp³-hybridized carbons (Fsp3) is 0.956. The van der Waals surface area contributed by atoms with Gasteiger partial charge in [-0.05, 0) is 77.3 Å². The molecular formula is C68H162N3O4RbS. The number of piperidine rings is 1. The first-order valence-corrected chi connectivity index (χ1v) is 34.0. The van der Waals surface area contributed by atoms with Crippen LogP contribution in [-0.2, 0) is 25.2 Å². The molecule has 1 unspecified atom stereocenters. The smallest absolute Gasteiger partial charge is 0.660 e. The van der Waals surface area contributed by atoms with Crippen LogP contribution in [-0.4, -0.2) is 97.2 Å². The Morgan fingerprint density at radius 2 is 0.740 bits per heavy atom. The summed E-state index contributed by atoms with van der Waals surface area (Å²) >= 11 is 0. The number of likely N-dealkylation sites (N-methyl/N-ethyl adjacent to an activating group) is 1. The standard InChI is InChI=1S/C8H17N.C8H16.C6H13N2.C5H12.C4H8O.C3H8OS.2C3H6O.9C3H8.CH4.Rb/c1-3-8-4-6-9(2)7-5-8;1-2-8-6-4-3-5-7-8;1-2-8-5-3-7-4-6-8;1-4-5(2)3;1-3-4(2)5;1-3-5(2)4;2*1-2-3-4;9*1-3-2;;/h8H,3-7H2,1-2H3;8H,2-7H2,1H3;2-6H2,1H3;5H,4H2,1-3H3;2*3H2,1-2H3;2*3H,2H2,1H3;9*3H2,1-2H3;1H4;/q;;-1;;;;;;;;;;;;;;;;+1. The number of carbonyl (C=O) groups is 3. The van der Waals surface area contributed by atoms with Gasteiger partial charge in [0.15, 0.2) is 0 Å². The molecule has 2 aliphatic heterocycles. The number of nitrogens with zero attached hydrogens (tertiary/aromatic N) is 3. The van der Waals surface area contributed by atoms with E-state index >= 15 is 0 Å². The van der Waals surface area contributed by atoms with Crippen molar-refractivity contribution in [3.63, 3.8) is 0 Å². The predicted octanol–water partition coefficient (Wildman–Crippen LogP) is 20.4. The quantitative estimate of drug-likeness (QED) is 0.225. The van der Waals surface area contributed by atoms with E-state index in [-0.39, 0.29) is 71.4 Å². The van der Waals surface area contributed by atoms with Crippen molar-refractivity contribution in [1.82, 2.24) is 9.80 Å². The first-order valence-electron chi connectivity index (χ1n) is 32.3. The molecule has 9 heteroatoms. The van der Waals surface area contributed by atoms with Crippen LogP contribution >= 0.6 is 0 Å². The number of hydrogen-bond donors (Lipinski definition) is 0. The van der Waals surface area contributed by atoms with Gasteiger partial charge in [-0.2, -0.15) is 0 Å². The number of carbonyl (C=O) groups excluding carboxylic acids is 3. The average molecular weight is 1200 g/mol. The van der Waals surface area contributed by atoms with Gasteiger partial charge in [-0.1, -0.05) is 310 Å². The molecule has 77 heavy (non-hydrogen) atoms. The normalized spacial score (nSPS) is 12.6. The van der Waals surface area contributed by atoms with E-state index in [9.17, 15) is 18.6 Å². The summed E-state index contributed by atoms with van der Waals surface area (Å²) < 4.78 is 9.92. The molecule has 0 N–H and O–H groups in total. The van der Waals surface area contributed by atoms with Gasteiger partial charge in [0.05, 0.1) is 0 Å². The molecule has 1 atom stereocenters. The molecule has 0 radical (unpaired) electrons. The Bertz CT molecular complexity index is 721. The molecule has 7 nitrogen and oxygen atoms in total. The van der Waals surface area contributed by atoms with Crippen molar-refractivity contribution in [1.29, 1.82) is 0 Å². The Hall–Kier alpha value is 0.845. The van der Waals surface area contributed by atoms with E-state index < -0.39 is 10.8 Å². The van der Waals surface area contributed by atoms with Crippen LogP contribution in [0.25, 0.3) is 5.32 Å². The number of likely N-dealkylation sites (tertiary alicyclic amines) is 1. The summed E-state index contributed by atoms with van der Waals surface area (Å²) in [6.07, 6.45) is 31.1. The van der Waals surface area contributed by atoms with Crippen molar-refractivity contribution in [3.05, 3.63) is 5.32 Å². The molecule has 3 fully saturated rings. The molecular weight excluding hydrogens is 1040 g/mol. The Balaban J connectivity index is -0.0000000373. The van der Waals surface area contributed by atoms with Crippen molar-refractivity contribution in [2.75, 3.05) is 64.9 Å². The minimum Gasteiger partial charge on any atom is -0.660 e. The van der Waals surface area contributed by atoms with Crippen molar-refractivity contribution >= 4 is 29.2 Å². The second kappa shape index (κ2) is 147. The number of hydrogen-bond acceptors (Lipinski definition) is 6. The largest absolute Gasteiger partial charge is 1.00 e. The summed E-state index contributed by atoms with van der Waals surface area (Å²) in [5, 5.41) is 4.23. The third kappa shape index (κ3) is 258. The van der Waals surface area contributed by atoms with Crippen LogP contribution in [0.4, 0.5) is 0 Å². The van der Waals surface area contributed by atoms with Gasteiger partial charge in [0.1, 0.15) is 18.4 Å². The number of Topliss-reactive ketones (excluding diaryl/α,β-unsaturated/α-hetero) is 1. The first-order chi connectivity index (χ1) is 35.6. The molecule has 1 aliphatic carbocycles. The Labute approximate surface area is 547 Å². The van der Waals surface area contributed by atoms with Crippen LogP contribution in [0.5, 0.6) is 0 Å². The fourth-order valence-corrected chi connectivity index (χ4v) is 4.03. The molecule has 2 saturated heterocycles. The summed E-state index contributed by atoms with van der Waals surface area (Å²) in [6, 6.07) is 0. The van der Waals surface area contributed by atoms with Gasteiger partial charge >= 0.3 is 58.2 Å². The van der Waals surface area contributed by atoms with Gasteiger partial charge in [-0.25, -0.2) is 0 Å². The predicted molar refractivity (Wildman–Crippen MR) is 366 cm³/mol. The summed E-state index contributed by atoms with van der Waals surface area (Å²) in [5.74, 6) is 4.03. The van der Waals surface area contributed by atoms with Crippen molar-refractivity contribution < 1.29 is 76.8 Å². The molecule has 2 heterocycles. The molecule has 3 rings (SSSR count). The van der Waals surface area contributed by atoms with Crippen LogP contribution in [0.2, 0.25) is 0 Å². The number of rotatable bonds is 8. The fourth-order valence-electron chi connectivity index (χ4n) is 4.03. The topological polar surface area (TPSA) is 88.9 Å². The van der Waals surface area contributed by atoms with E-state index in [1.54, 1.807) is 13.2 Å². The summed E-state index contributed by atoms with van der Waals surface area (Å²) in [6.45, 7) is 68.9. The molecule has 480 valence electrons. The minimum absolute atomic E-state index is 0. The zero-order valence-corrected chi connectivity index (χ0v) is 65.7. The third-order valence-electron chi connectivity index (χ3n) is 8.37. The maximum atomic E-state index is 9.92. The second-order valence-corrected chi connectivity index (χ2v) is 21.1. The summed E-state index contributed by atoms with van der Waals surface area (Å²) in [7, 11) is 1.64. The second-order valence-electron chi connectivity index (χ2n) is 19.4. The Morgan fingerprint density at radius 1 is 0.519 bits per heavy atom. The summed E-state index contributed by atoms with van der Waals surface area (Å²) in [5.41, 5.74) is 0. The minimum atomic E-state index is -0.573. The Morgan fingerprint density at radius 3 is 0.870 bits per heavy atom. The molecule has 0 bridgehead atoms. The van der Waals surface area contributed by atoms with Crippen molar-refractivity contribution in [3.8, 4) is 0 Å². The van der Waals surface area contributed by atoms with Crippen LogP contribution in [0.3, 0.4) is 0 Å². The van der Waals surface area contributed by atoms with E-state index in [1.807, 2.05) is 27.7 Å². The maximum absolute atomic E-state index is 9.92. The molecule has 0 amide bonds. The van der Waals surface area contributed by atoms with Gasteiger partial charge in [0.2, 0.25) is 0 Å². The molecule has 3 aliphatic rings. The average Bonchev–Trinajstić information content (AvgIpc) is 3.40. The monoisotopic (exact) mass is 1200 g/mol. The van der Waals surface area contributed by atoms with Crippen LogP contribution in [0.15, 0.2) is 0 Å². The van der Waals surface area contributed by atoms with E-state index in [1.165, 1.54) is 155 Å². The van der Waals surface area contributed by atoms with E-state index in [4.69, 9.17) is 0 Å². The van der Waals surface area contributed by atoms with E-state index in [2.05, 4.69) is 188 Å². The molecule has 0 spiro atoms. The SMILES string of the molecule is C.CCC.CCC.CCC.CCC.CCC.CCC.CCC.CCC.CCC.CCC(C)=O.CCC(C)C.CCC1CCCCC1.CCC1CCN(C)CC1.CCC=O.CCC=O.CCN1CC[N-]CC1.CCS(C)=O.[Rb+]. The van der Waals surface area contributed by atoms with Crippen LogP contribution in [0, 0.1) is 17.8 Å². The third-order valence-corrected chi connectivity index (χ3v) is 9.18. The van der Waals surface area contributed by atoms with Gasteiger partial charge in [0.25, 0.3) is 0 Å². The van der Waals surface area contributed by atoms with Gasteiger partial charge in [0, 0.05) is 42.1 Å². The van der Waals surface area contributed by atoms with Gasteiger partial charge < -0.3 is 29.5 Å². The molecule has 0 aromatic carbocycles. The van der Waals surface area contributed by atoms with Gasteiger partial charge in [-0.3, -0.25) is 4.21 Å². The molecule has 1 saturated carbocycles. The van der Waals surface area contributed by atoms with Gasteiger partial charge in [-0.15, -0.1) is 13.1 Å². The Kier molecular flexibility index (Phi) is 229. The summed E-state index contributed by atoms with van der Waals surface area (Å²) in [4.78, 5) is 33.0. The molecule has 0 aromatic rings. The number of ketones is 1. The zero-order chi connectivity index (χ0) is 62.4. The van der Waals surface area contributed by atoms with E-state index in [0.29, 0.717) is 19.3 Å². The van der Waals surface area contributed by atoms with Crippen LogP contribution in [0.1, 0.15) is 349 Å². The number of piperazine rings is 1. The van der Waals surface area contributed by atoms with Crippen molar-refractivity contribution in [2.24, 2.45) is 17.8 Å². The maximum Gasteiger partial charge on any atom is 1.00 e. The first kappa shape index (κ1) is 120. The molecule has 0 aromatic heterocycles. The number of aldehydes is 2.